The van der Waals surface area contributed by atoms with Crippen LogP contribution in [-0.4, -0.2) is 42.8 Å². The summed E-state index contributed by atoms with van der Waals surface area (Å²) >= 11 is 0. The van der Waals surface area contributed by atoms with Gasteiger partial charge < -0.3 is 5.32 Å². The summed E-state index contributed by atoms with van der Waals surface area (Å²) in [5.74, 6) is 0.761. The third-order valence-corrected chi connectivity index (χ3v) is 4.85. The normalized spacial score (nSPS) is 25.8. The predicted octanol–water partition coefficient (Wildman–Crippen LogP) is 3.57. The molecule has 2 nitrogen and oxygen atoms in total. The lowest BCUT2D eigenvalue weighted by atomic mass is 9.84. The Labute approximate surface area is 120 Å². The monoisotopic (exact) mass is 292 g/mol. The Morgan fingerprint density at radius 3 is 2.20 bits per heavy atom. The van der Waals surface area contributed by atoms with E-state index in [4.69, 9.17) is 0 Å². The van der Waals surface area contributed by atoms with Crippen molar-refractivity contribution in [3.05, 3.63) is 0 Å². The lowest BCUT2D eigenvalue weighted by Gasteiger charge is -2.36. The van der Waals surface area contributed by atoms with Crippen molar-refractivity contribution in [2.45, 2.75) is 70.1 Å². The van der Waals surface area contributed by atoms with Crippen molar-refractivity contribution in [2.24, 2.45) is 5.92 Å². The molecule has 1 N–H and O–H groups in total. The second-order valence-corrected chi connectivity index (χ2v) is 6.52. The summed E-state index contributed by atoms with van der Waals surface area (Å²) in [6, 6.07) is 0.908. The van der Waals surface area contributed by atoms with E-state index >= 15 is 0 Å². The first kappa shape index (κ1) is 16.1. The summed E-state index contributed by atoms with van der Waals surface area (Å²) in [6.45, 7) is 2.62. The van der Waals surface area contributed by atoms with E-state index in [1.807, 2.05) is 0 Å². The van der Waals surface area contributed by atoms with Crippen molar-refractivity contribution in [2.75, 3.05) is 19.6 Å². The fraction of sp³-hybridized carbons (Fsp3) is 1.00. The van der Waals surface area contributed by atoms with E-state index in [0.29, 0.717) is 25.2 Å². The molecule has 118 valence electrons. The summed E-state index contributed by atoms with van der Waals surface area (Å²) in [7, 11) is 0. The second kappa shape index (κ2) is 7.12. The van der Waals surface area contributed by atoms with Crippen molar-refractivity contribution in [3.63, 3.8) is 0 Å². The lowest BCUT2D eigenvalue weighted by Crippen LogP contribution is -2.49. The van der Waals surface area contributed by atoms with E-state index in [-0.39, 0.29) is 0 Å². The molecular formula is C15H27F3N2. The van der Waals surface area contributed by atoms with Crippen LogP contribution in [0.3, 0.4) is 0 Å². The van der Waals surface area contributed by atoms with Crippen molar-refractivity contribution < 1.29 is 13.2 Å². The van der Waals surface area contributed by atoms with E-state index in [2.05, 4.69) is 12.2 Å². The fourth-order valence-corrected chi connectivity index (χ4v) is 3.65. The topological polar surface area (TPSA) is 15.3 Å². The highest BCUT2D eigenvalue weighted by molar-refractivity contribution is 4.83. The second-order valence-electron chi connectivity index (χ2n) is 6.52. The Hall–Kier alpha value is -0.290. The maximum Gasteiger partial charge on any atom is 0.401 e. The van der Waals surface area contributed by atoms with Crippen LogP contribution in [-0.2, 0) is 0 Å². The van der Waals surface area contributed by atoms with Gasteiger partial charge in [0.1, 0.15) is 0 Å². The molecule has 2 aliphatic rings. The van der Waals surface area contributed by atoms with Crippen LogP contribution in [0.2, 0.25) is 0 Å². The summed E-state index contributed by atoms with van der Waals surface area (Å²) in [5, 5.41) is 3.66. The fourth-order valence-electron chi connectivity index (χ4n) is 3.65. The quantitative estimate of drug-likeness (QED) is 0.852. The Balaban J connectivity index is 1.68. The van der Waals surface area contributed by atoms with E-state index in [1.54, 1.807) is 0 Å². The van der Waals surface area contributed by atoms with Crippen LogP contribution in [0.5, 0.6) is 0 Å². The molecule has 0 spiro atoms. The van der Waals surface area contributed by atoms with E-state index in [9.17, 15) is 13.2 Å². The summed E-state index contributed by atoms with van der Waals surface area (Å²) in [4.78, 5) is 1.53. The van der Waals surface area contributed by atoms with Gasteiger partial charge in [-0.05, 0) is 51.6 Å². The number of likely N-dealkylation sites (tertiary alicyclic amines) is 1. The van der Waals surface area contributed by atoms with E-state index in [1.165, 1.54) is 37.0 Å². The summed E-state index contributed by atoms with van der Waals surface area (Å²) < 4.78 is 37.0. The van der Waals surface area contributed by atoms with Crippen LogP contribution in [0.25, 0.3) is 0 Å². The smallest absolute Gasteiger partial charge is 0.311 e. The molecule has 2 fully saturated rings. The number of hydrogen-bond donors (Lipinski definition) is 1. The van der Waals surface area contributed by atoms with Gasteiger partial charge >= 0.3 is 6.18 Å². The van der Waals surface area contributed by atoms with Crippen molar-refractivity contribution in [1.29, 1.82) is 0 Å². The van der Waals surface area contributed by atoms with Crippen LogP contribution in [0.1, 0.15) is 51.9 Å². The molecule has 0 aromatic heterocycles. The minimum atomic E-state index is -4.06. The minimum absolute atomic E-state index is 0.399. The third kappa shape index (κ3) is 5.24. The molecular weight excluding hydrogens is 265 g/mol. The van der Waals surface area contributed by atoms with Gasteiger partial charge in [-0.1, -0.05) is 19.3 Å². The van der Waals surface area contributed by atoms with Crippen molar-refractivity contribution >= 4 is 0 Å². The first-order valence-corrected chi connectivity index (χ1v) is 7.99. The highest BCUT2D eigenvalue weighted by Gasteiger charge is 2.33. The van der Waals surface area contributed by atoms with E-state index < -0.39 is 12.7 Å². The Bertz CT molecular complexity index is 279. The molecule has 1 saturated carbocycles. The number of hydrogen-bond acceptors (Lipinski definition) is 2. The Kier molecular flexibility index (Phi) is 5.73. The highest BCUT2D eigenvalue weighted by atomic mass is 19.4. The van der Waals surface area contributed by atoms with Crippen LogP contribution in [0, 0.1) is 5.92 Å². The van der Waals surface area contributed by atoms with Gasteiger partial charge in [0.2, 0.25) is 0 Å². The molecule has 1 atom stereocenters. The largest absolute Gasteiger partial charge is 0.401 e. The molecule has 1 heterocycles. The Morgan fingerprint density at radius 2 is 1.65 bits per heavy atom. The maximum atomic E-state index is 12.3. The van der Waals surface area contributed by atoms with Crippen molar-refractivity contribution in [1.82, 2.24) is 10.2 Å². The van der Waals surface area contributed by atoms with Crippen LogP contribution in [0.4, 0.5) is 13.2 Å². The number of nitrogens with zero attached hydrogens (tertiary/aromatic N) is 1. The molecule has 1 unspecified atom stereocenters. The summed E-state index contributed by atoms with van der Waals surface area (Å²) in [5.41, 5.74) is 0. The average molecular weight is 292 g/mol. The molecule has 20 heavy (non-hydrogen) atoms. The van der Waals surface area contributed by atoms with Crippen molar-refractivity contribution in [3.8, 4) is 0 Å². The van der Waals surface area contributed by atoms with Gasteiger partial charge in [-0.25, -0.2) is 0 Å². The number of halogens is 3. The van der Waals surface area contributed by atoms with Gasteiger partial charge in [-0.15, -0.1) is 0 Å². The number of nitrogens with one attached hydrogen (secondary N) is 1. The zero-order valence-corrected chi connectivity index (χ0v) is 12.4. The molecule has 2 rings (SSSR count). The van der Waals surface area contributed by atoms with Crippen LogP contribution in [0.15, 0.2) is 0 Å². The molecule has 1 saturated heterocycles. The molecule has 0 aromatic rings. The van der Waals surface area contributed by atoms with Gasteiger partial charge in [-0.2, -0.15) is 13.2 Å². The molecule has 1 aliphatic heterocycles. The van der Waals surface area contributed by atoms with Gasteiger partial charge in [0.25, 0.3) is 0 Å². The highest BCUT2D eigenvalue weighted by Crippen LogP contribution is 2.27. The molecule has 0 amide bonds. The molecule has 5 heteroatoms. The number of alkyl halides is 3. The van der Waals surface area contributed by atoms with Gasteiger partial charge in [0.15, 0.2) is 0 Å². The SMILES string of the molecule is CC(NC1CCN(CC(F)(F)F)CC1)C1CCCCC1. The standard InChI is InChI=1S/C15H27F3N2/c1-12(13-5-3-2-4-6-13)19-14-7-9-20(10-8-14)11-15(16,17)18/h12-14,19H,2-11H2,1H3. The molecule has 0 radical (unpaired) electrons. The molecule has 0 aromatic carbocycles. The van der Waals surface area contributed by atoms with E-state index in [0.717, 1.165) is 18.8 Å². The van der Waals surface area contributed by atoms with Crippen LogP contribution < -0.4 is 5.32 Å². The third-order valence-electron chi connectivity index (χ3n) is 4.85. The van der Waals surface area contributed by atoms with Gasteiger partial charge in [-0.3, -0.25) is 4.90 Å². The summed E-state index contributed by atoms with van der Waals surface area (Å²) in [6.07, 6.45) is 4.26. The average Bonchev–Trinajstić information content (AvgIpc) is 2.40. The first-order chi connectivity index (χ1) is 9.44. The van der Waals surface area contributed by atoms with Gasteiger partial charge in [0, 0.05) is 12.1 Å². The number of piperidine rings is 1. The molecule has 0 bridgehead atoms. The maximum absolute atomic E-state index is 12.3. The lowest BCUT2D eigenvalue weighted by molar-refractivity contribution is -0.148. The zero-order chi connectivity index (χ0) is 14.6. The molecule has 1 aliphatic carbocycles. The predicted molar refractivity (Wildman–Crippen MR) is 74.7 cm³/mol. The zero-order valence-electron chi connectivity index (χ0n) is 12.4. The first-order valence-electron chi connectivity index (χ1n) is 7.99. The van der Waals surface area contributed by atoms with Crippen LogP contribution >= 0.6 is 0 Å². The van der Waals surface area contributed by atoms with Gasteiger partial charge in [0.05, 0.1) is 6.54 Å². The Morgan fingerprint density at radius 1 is 1.05 bits per heavy atom. The minimum Gasteiger partial charge on any atom is -0.311 e. The number of rotatable bonds is 4.